The first-order valence-corrected chi connectivity index (χ1v) is 7.41. The molecule has 0 aromatic heterocycles. The summed E-state index contributed by atoms with van der Waals surface area (Å²) >= 11 is 0. The maximum Gasteiger partial charge on any atom is 0.498 e. The second-order valence-electron chi connectivity index (χ2n) is 6.95. The van der Waals surface area contributed by atoms with Crippen molar-refractivity contribution in [3.63, 3.8) is 0 Å². The molecular formula is C16H23BO3. The molecule has 1 aromatic carbocycles. The second-order valence-corrected chi connectivity index (χ2v) is 6.95. The summed E-state index contributed by atoms with van der Waals surface area (Å²) in [4.78, 5) is 0. The lowest BCUT2D eigenvalue weighted by Crippen LogP contribution is -2.41. The van der Waals surface area contributed by atoms with Crippen LogP contribution >= 0.6 is 0 Å². The molecule has 4 heteroatoms. The molecule has 1 aliphatic carbocycles. The highest BCUT2D eigenvalue weighted by atomic mass is 16.7. The van der Waals surface area contributed by atoms with Crippen molar-refractivity contribution in [1.82, 2.24) is 0 Å². The highest BCUT2D eigenvalue weighted by molar-refractivity contribution is 6.63. The summed E-state index contributed by atoms with van der Waals surface area (Å²) in [5.41, 5.74) is 1.56. The maximum atomic E-state index is 6.13. The number of aryl methyl sites for hydroxylation is 1. The van der Waals surface area contributed by atoms with Crippen LogP contribution < -0.4 is 10.2 Å². The predicted molar refractivity (Wildman–Crippen MR) is 80.5 cm³/mol. The van der Waals surface area contributed by atoms with Crippen LogP contribution in [0.1, 0.15) is 46.1 Å². The average molecular weight is 274 g/mol. The molecule has 2 fully saturated rings. The van der Waals surface area contributed by atoms with Gasteiger partial charge in [0.1, 0.15) is 5.75 Å². The van der Waals surface area contributed by atoms with Crippen molar-refractivity contribution in [3.8, 4) is 5.75 Å². The van der Waals surface area contributed by atoms with E-state index in [0.29, 0.717) is 6.10 Å². The molecule has 108 valence electrons. The van der Waals surface area contributed by atoms with Gasteiger partial charge in [-0.05, 0) is 59.1 Å². The van der Waals surface area contributed by atoms with Gasteiger partial charge in [0.25, 0.3) is 0 Å². The molecule has 2 aliphatic rings. The van der Waals surface area contributed by atoms with Crippen LogP contribution in [0.15, 0.2) is 18.2 Å². The van der Waals surface area contributed by atoms with E-state index in [9.17, 15) is 0 Å². The molecule has 0 spiro atoms. The van der Waals surface area contributed by atoms with Crippen molar-refractivity contribution in [3.05, 3.63) is 23.8 Å². The van der Waals surface area contributed by atoms with E-state index in [1.54, 1.807) is 0 Å². The van der Waals surface area contributed by atoms with E-state index >= 15 is 0 Å². The zero-order chi connectivity index (χ0) is 14.5. The summed E-state index contributed by atoms with van der Waals surface area (Å²) in [5.74, 6) is 0.908. The molecule has 1 saturated heterocycles. The van der Waals surface area contributed by atoms with Gasteiger partial charge in [0.05, 0.1) is 17.3 Å². The molecule has 1 aliphatic heterocycles. The first-order valence-electron chi connectivity index (χ1n) is 7.41. The van der Waals surface area contributed by atoms with Crippen molar-refractivity contribution in [1.29, 1.82) is 0 Å². The van der Waals surface area contributed by atoms with Crippen molar-refractivity contribution >= 4 is 12.6 Å². The van der Waals surface area contributed by atoms with E-state index in [1.807, 2.05) is 0 Å². The molecule has 3 rings (SSSR count). The van der Waals surface area contributed by atoms with Crippen LogP contribution in [0, 0.1) is 6.92 Å². The number of hydrogen-bond acceptors (Lipinski definition) is 3. The van der Waals surface area contributed by atoms with Gasteiger partial charge < -0.3 is 14.0 Å². The molecule has 3 nitrogen and oxygen atoms in total. The Morgan fingerprint density at radius 3 is 2.25 bits per heavy atom. The topological polar surface area (TPSA) is 27.7 Å². The lowest BCUT2D eigenvalue weighted by atomic mass is 9.78. The molecule has 0 unspecified atom stereocenters. The van der Waals surface area contributed by atoms with Crippen LogP contribution in [0.5, 0.6) is 5.75 Å². The number of hydrogen-bond donors (Lipinski definition) is 0. The molecule has 0 atom stereocenters. The van der Waals surface area contributed by atoms with Crippen LogP contribution in [-0.2, 0) is 9.31 Å². The number of benzene rings is 1. The zero-order valence-corrected chi connectivity index (χ0v) is 13.0. The molecule has 0 N–H and O–H groups in total. The molecule has 20 heavy (non-hydrogen) atoms. The maximum absolute atomic E-state index is 6.13. The molecule has 0 bridgehead atoms. The first-order chi connectivity index (χ1) is 9.28. The van der Waals surface area contributed by atoms with Crippen molar-refractivity contribution in [2.75, 3.05) is 0 Å². The lowest BCUT2D eigenvalue weighted by molar-refractivity contribution is 0.00578. The Labute approximate surface area is 121 Å². The normalized spacial score (nSPS) is 23.9. The zero-order valence-electron chi connectivity index (χ0n) is 13.0. The third kappa shape index (κ3) is 2.47. The summed E-state index contributed by atoms with van der Waals surface area (Å²) < 4.78 is 18.3. The minimum atomic E-state index is -0.352. The van der Waals surface area contributed by atoms with Gasteiger partial charge in [-0.1, -0.05) is 12.1 Å². The average Bonchev–Trinajstić information content (AvgIpc) is 3.07. The van der Waals surface area contributed by atoms with E-state index in [-0.39, 0.29) is 18.3 Å². The Hall–Kier alpha value is -0.995. The third-order valence-electron chi connectivity index (χ3n) is 4.49. The van der Waals surface area contributed by atoms with Gasteiger partial charge in [0.15, 0.2) is 0 Å². The fourth-order valence-electron chi connectivity index (χ4n) is 2.27. The fourth-order valence-corrected chi connectivity index (χ4v) is 2.27. The van der Waals surface area contributed by atoms with Gasteiger partial charge >= 0.3 is 7.12 Å². The Morgan fingerprint density at radius 1 is 1.10 bits per heavy atom. The molecule has 0 amide bonds. The summed E-state index contributed by atoms with van der Waals surface area (Å²) in [6.07, 6.45) is 2.67. The Balaban J connectivity index is 1.90. The Bertz CT molecular complexity index is 504. The highest BCUT2D eigenvalue weighted by Crippen LogP contribution is 2.37. The summed E-state index contributed by atoms with van der Waals surface area (Å²) in [6.45, 7) is 10.4. The van der Waals surface area contributed by atoms with E-state index in [0.717, 1.165) is 24.1 Å². The van der Waals surface area contributed by atoms with Crippen LogP contribution in [0.4, 0.5) is 0 Å². The summed E-state index contributed by atoms with van der Waals surface area (Å²) in [7, 11) is -0.352. The second kappa shape index (κ2) is 4.50. The minimum absolute atomic E-state index is 0.320. The Kier molecular flexibility index (Phi) is 3.14. The van der Waals surface area contributed by atoms with Crippen LogP contribution in [0.2, 0.25) is 0 Å². The molecular weight excluding hydrogens is 251 g/mol. The van der Waals surface area contributed by atoms with E-state index < -0.39 is 0 Å². The number of ether oxygens (including phenoxy) is 1. The van der Waals surface area contributed by atoms with Crippen molar-refractivity contribution in [2.45, 2.75) is 64.8 Å². The van der Waals surface area contributed by atoms with E-state index in [2.05, 4.69) is 52.8 Å². The predicted octanol–water partition coefficient (Wildman–Crippen LogP) is 2.84. The highest BCUT2D eigenvalue weighted by Gasteiger charge is 2.52. The van der Waals surface area contributed by atoms with Crippen LogP contribution in [-0.4, -0.2) is 24.4 Å². The fraction of sp³-hybridized carbons (Fsp3) is 0.625. The van der Waals surface area contributed by atoms with Gasteiger partial charge in [-0.25, -0.2) is 0 Å². The summed E-state index contributed by atoms with van der Waals surface area (Å²) in [6, 6.07) is 6.23. The molecule has 0 radical (unpaired) electrons. The van der Waals surface area contributed by atoms with Crippen molar-refractivity contribution < 1.29 is 14.0 Å². The van der Waals surface area contributed by atoms with Crippen LogP contribution in [0.25, 0.3) is 0 Å². The summed E-state index contributed by atoms with van der Waals surface area (Å²) in [5, 5.41) is 0. The SMILES string of the molecule is Cc1ccc(B2OC(C)(C)C(C)(C)O2)c(OC2CC2)c1. The molecule has 1 aromatic rings. The quantitative estimate of drug-likeness (QED) is 0.793. The third-order valence-corrected chi connectivity index (χ3v) is 4.49. The van der Waals surface area contributed by atoms with Crippen LogP contribution in [0.3, 0.4) is 0 Å². The van der Waals surface area contributed by atoms with Crippen molar-refractivity contribution in [2.24, 2.45) is 0 Å². The minimum Gasteiger partial charge on any atom is -0.491 e. The monoisotopic (exact) mass is 274 g/mol. The van der Waals surface area contributed by atoms with Gasteiger partial charge in [0, 0.05) is 5.46 Å². The van der Waals surface area contributed by atoms with E-state index in [1.165, 1.54) is 5.56 Å². The van der Waals surface area contributed by atoms with Gasteiger partial charge in [-0.15, -0.1) is 0 Å². The standard InChI is InChI=1S/C16H23BO3/c1-11-6-9-13(14(10-11)18-12-7-8-12)17-19-15(2,3)16(4,5)20-17/h6,9-10,12H,7-8H2,1-5H3. The Morgan fingerprint density at radius 2 is 1.70 bits per heavy atom. The van der Waals surface area contributed by atoms with Gasteiger partial charge in [-0.3, -0.25) is 0 Å². The molecule has 1 heterocycles. The van der Waals surface area contributed by atoms with Gasteiger partial charge in [0.2, 0.25) is 0 Å². The smallest absolute Gasteiger partial charge is 0.491 e. The first kappa shape index (κ1) is 14.0. The largest absolute Gasteiger partial charge is 0.498 e. The van der Waals surface area contributed by atoms with E-state index in [4.69, 9.17) is 14.0 Å². The van der Waals surface area contributed by atoms with Gasteiger partial charge in [-0.2, -0.15) is 0 Å². The number of rotatable bonds is 3. The molecule has 1 saturated carbocycles. The lowest BCUT2D eigenvalue weighted by Gasteiger charge is -2.32.